The van der Waals surface area contributed by atoms with Crippen molar-refractivity contribution >= 4 is 27.5 Å². The van der Waals surface area contributed by atoms with Crippen LogP contribution in [0.2, 0.25) is 0 Å². The molecular weight excluding hydrogens is 330 g/mol. The van der Waals surface area contributed by atoms with E-state index in [0.717, 1.165) is 39.3 Å². The van der Waals surface area contributed by atoms with E-state index in [1.165, 1.54) is 6.42 Å². The molecule has 5 heteroatoms. The van der Waals surface area contributed by atoms with Crippen LogP contribution < -0.4 is 0 Å². The first-order valence-electron chi connectivity index (χ1n) is 8.93. The monoisotopic (exact) mass is 353 g/mol. The SMILES string of the molecule is Cc1nn(-c2ccccc2)c2sc(C(=O)N3C(C)CCCC3C)cc12. The minimum atomic E-state index is 0.167. The summed E-state index contributed by atoms with van der Waals surface area (Å²) >= 11 is 1.55. The number of hydrogen-bond acceptors (Lipinski definition) is 3. The summed E-state index contributed by atoms with van der Waals surface area (Å²) in [6, 6.07) is 12.8. The molecule has 1 aliphatic heterocycles. The Morgan fingerprint density at radius 1 is 1.16 bits per heavy atom. The average Bonchev–Trinajstić information content (AvgIpc) is 3.16. The van der Waals surface area contributed by atoms with Crippen molar-refractivity contribution in [2.45, 2.75) is 52.1 Å². The predicted octanol–water partition coefficient (Wildman–Crippen LogP) is 4.80. The second-order valence-corrected chi connectivity index (χ2v) is 8.03. The van der Waals surface area contributed by atoms with E-state index < -0.39 is 0 Å². The summed E-state index contributed by atoms with van der Waals surface area (Å²) in [7, 11) is 0. The minimum absolute atomic E-state index is 0.167. The van der Waals surface area contributed by atoms with Gasteiger partial charge in [0.2, 0.25) is 0 Å². The smallest absolute Gasteiger partial charge is 0.264 e. The van der Waals surface area contributed by atoms with Crippen molar-refractivity contribution < 1.29 is 4.79 Å². The van der Waals surface area contributed by atoms with Gasteiger partial charge in [-0.2, -0.15) is 5.10 Å². The number of carbonyl (C=O) groups is 1. The molecule has 0 spiro atoms. The molecule has 4 nitrogen and oxygen atoms in total. The van der Waals surface area contributed by atoms with Crippen LogP contribution in [0.5, 0.6) is 0 Å². The minimum Gasteiger partial charge on any atom is -0.333 e. The van der Waals surface area contributed by atoms with Crippen LogP contribution in [0.3, 0.4) is 0 Å². The van der Waals surface area contributed by atoms with Crippen LogP contribution in [-0.4, -0.2) is 32.7 Å². The van der Waals surface area contributed by atoms with Gasteiger partial charge in [0, 0.05) is 17.5 Å². The fourth-order valence-electron chi connectivity index (χ4n) is 3.85. The van der Waals surface area contributed by atoms with Gasteiger partial charge in [-0.05, 0) is 58.2 Å². The standard InChI is InChI=1S/C20H23N3OS/c1-13-8-7-9-14(2)22(13)19(24)18-12-17-15(3)21-23(20(17)25-18)16-10-5-4-6-11-16/h4-6,10-14H,7-9H2,1-3H3. The number of amides is 1. The van der Waals surface area contributed by atoms with E-state index in [0.29, 0.717) is 12.1 Å². The van der Waals surface area contributed by atoms with Gasteiger partial charge in [0.05, 0.1) is 16.3 Å². The molecule has 3 heterocycles. The van der Waals surface area contributed by atoms with Crippen LogP contribution in [-0.2, 0) is 0 Å². The highest BCUT2D eigenvalue weighted by molar-refractivity contribution is 7.20. The van der Waals surface area contributed by atoms with Gasteiger partial charge >= 0.3 is 0 Å². The number of thiophene rings is 1. The van der Waals surface area contributed by atoms with Gasteiger partial charge < -0.3 is 4.90 Å². The van der Waals surface area contributed by atoms with E-state index >= 15 is 0 Å². The molecule has 4 rings (SSSR count). The molecule has 3 aromatic rings. The molecule has 1 aliphatic rings. The zero-order valence-corrected chi connectivity index (χ0v) is 15.7. The number of likely N-dealkylation sites (tertiary alicyclic amines) is 1. The maximum absolute atomic E-state index is 13.2. The lowest BCUT2D eigenvalue weighted by Gasteiger charge is -2.38. The van der Waals surface area contributed by atoms with Gasteiger partial charge in [-0.15, -0.1) is 11.3 Å². The van der Waals surface area contributed by atoms with Crippen LogP contribution in [0, 0.1) is 6.92 Å². The summed E-state index contributed by atoms with van der Waals surface area (Å²) in [5.41, 5.74) is 2.00. The normalized spacial score (nSPS) is 21.0. The van der Waals surface area contributed by atoms with Crippen molar-refractivity contribution in [3.8, 4) is 5.69 Å². The van der Waals surface area contributed by atoms with E-state index in [9.17, 15) is 4.79 Å². The second kappa shape index (κ2) is 6.30. The molecule has 0 saturated carbocycles. The Morgan fingerprint density at radius 2 is 1.84 bits per heavy atom. The lowest BCUT2D eigenvalue weighted by atomic mass is 9.97. The Labute approximate surface area is 152 Å². The van der Waals surface area contributed by atoms with Crippen molar-refractivity contribution in [1.29, 1.82) is 0 Å². The third kappa shape index (κ3) is 2.76. The van der Waals surface area contributed by atoms with Gasteiger partial charge in [0.15, 0.2) is 0 Å². The van der Waals surface area contributed by atoms with E-state index in [-0.39, 0.29) is 5.91 Å². The maximum atomic E-state index is 13.2. The highest BCUT2D eigenvalue weighted by Gasteiger charge is 2.31. The fraction of sp³-hybridized carbons (Fsp3) is 0.400. The van der Waals surface area contributed by atoms with Gasteiger partial charge in [-0.1, -0.05) is 18.2 Å². The number of nitrogens with zero attached hydrogens (tertiary/aromatic N) is 3. The van der Waals surface area contributed by atoms with E-state index in [1.807, 2.05) is 48.0 Å². The lowest BCUT2D eigenvalue weighted by molar-refractivity contribution is 0.0516. The van der Waals surface area contributed by atoms with Crippen molar-refractivity contribution in [2.75, 3.05) is 0 Å². The Balaban J connectivity index is 1.76. The van der Waals surface area contributed by atoms with Crippen LogP contribution in [0.25, 0.3) is 15.9 Å². The molecule has 1 amide bonds. The first-order chi connectivity index (χ1) is 12.1. The highest BCUT2D eigenvalue weighted by atomic mass is 32.1. The van der Waals surface area contributed by atoms with Gasteiger partial charge in [-0.3, -0.25) is 4.79 Å². The molecule has 0 N–H and O–H groups in total. The molecule has 130 valence electrons. The van der Waals surface area contributed by atoms with Crippen molar-refractivity contribution in [1.82, 2.24) is 14.7 Å². The molecule has 0 aliphatic carbocycles. The Kier molecular flexibility index (Phi) is 4.12. The number of aromatic nitrogens is 2. The van der Waals surface area contributed by atoms with Crippen molar-refractivity contribution in [3.05, 3.63) is 47.0 Å². The molecule has 1 fully saturated rings. The summed E-state index contributed by atoms with van der Waals surface area (Å²) in [5.74, 6) is 0.167. The topological polar surface area (TPSA) is 38.1 Å². The van der Waals surface area contributed by atoms with Crippen LogP contribution in [0.1, 0.15) is 48.5 Å². The second-order valence-electron chi connectivity index (χ2n) is 7.00. The molecule has 2 aromatic heterocycles. The molecule has 1 saturated heterocycles. The lowest BCUT2D eigenvalue weighted by Crippen LogP contribution is -2.47. The van der Waals surface area contributed by atoms with E-state index in [1.54, 1.807) is 11.3 Å². The number of para-hydroxylation sites is 1. The summed E-state index contributed by atoms with van der Waals surface area (Å²) in [6.45, 7) is 6.34. The number of aryl methyl sites for hydroxylation is 1. The van der Waals surface area contributed by atoms with Crippen molar-refractivity contribution in [3.63, 3.8) is 0 Å². The number of fused-ring (bicyclic) bond motifs is 1. The zero-order chi connectivity index (χ0) is 17.6. The number of rotatable bonds is 2. The quantitative estimate of drug-likeness (QED) is 0.664. The first-order valence-corrected chi connectivity index (χ1v) is 9.75. The highest BCUT2D eigenvalue weighted by Crippen LogP contribution is 2.33. The molecule has 1 aromatic carbocycles. The van der Waals surface area contributed by atoms with Crippen molar-refractivity contribution in [2.24, 2.45) is 0 Å². The summed E-state index contributed by atoms with van der Waals surface area (Å²) < 4.78 is 1.95. The fourth-order valence-corrected chi connectivity index (χ4v) is 4.97. The molecule has 0 bridgehead atoms. The largest absolute Gasteiger partial charge is 0.333 e. The molecular formula is C20H23N3OS. The molecule has 0 radical (unpaired) electrons. The average molecular weight is 353 g/mol. The number of hydrogen-bond donors (Lipinski definition) is 0. The number of carbonyl (C=O) groups excluding carboxylic acids is 1. The molecule has 2 atom stereocenters. The Hall–Kier alpha value is -2.14. The molecule has 25 heavy (non-hydrogen) atoms. The summed E-state index contributed by atoms with van der Waals surface area (Å²) in [5, 5.41) is 5.74. The Bertz CT molecular complexity index is 902. The first kappa shape index (κ1) is 16.3. The van der Waals surface area contributed by atoms with E-state index in [2.05, 4.69) is 23.8 Å². The van der Waals surface area contributed by atoms with Gasteiger partial charge in [0.1, 0.15) is 4.83 Å². The van der Waals surface area contributed by atoms with Gasteiger partial charge in [-0.25, -0.2) is 4.68 Å². The summed E-state index contributed by atoms with van der Waals surface area (Å²) in [6.07, 6.45) is 3.40. The predicted molar refractivity (Wildman–Crippen MR) is 103 cm³/mol. The Morgan fingerprint density at radius 3 is 2.52 bits per heavy atom. The summed E-state index contributed by atoms with van der Waals surface area (Å²) in [4.78, 5) is 17.1. The number of piperidine rings is 1. The molecule has 2 unspecified atom stereocenters. The third-order valence-electron chi connectivity index (χ3n) is 5.18. The van der Waals surface area contributed by atoms with Crippen LogP contribution in [0.15, 0.2) is 36.4 Å². The van der Waals surface area contributed by atoms with Crippen LogP contribution in [0.4, 0.5) is 0 Å². The van der Waals surface area contributed by atoms with E-state index in [4.69, 9.17) is 0 Å². The maximum Gasteiger partial charge on any atom is 0.264 e. The number of benzene rings is 1. The zero-order valence-electron chi connectivity index (χ0n) is 14.9. The van der Waals surface area contributed by atoms with Crippen LogP contribution >= 0.6 is 11.3 Å². The van der Waals surface area contributed by atoms with Gasteiger partial charge in [0.25, 0.3) is 5.91 Å². The third-order valence-corrected chi connectivity index (χ3v) is 6.28.